The zero-order valence-electron chi connectivity index (χ0n) is 17.4. The standard InChI is InChI=1S/C21H23F5N4O2/c1-29(19(31)11-17(22)23)18-10-14(13-6-3-2-4-7-13)20(32)30(28-18)12-16-15(21(24,25)26)8-5-9-27-16/h5,8-10,13,17H,2-4,6-7,11-12H2,1H3. The molecule has 0 atom stereocenters. The average molecular weight is 458 g/mol. The monoisotopic (exact) mass is 458 g/mol. The van der Waals surface area contributed by atoms with Crippen molar-refractivity contribution in [1.82, 2.24) is 14.8 Å². The van der Waals surface area contributed by atoms with E-state index in [2.05, 4.69) is 10.1 Å². The Labute approximate surface area is 181 Å². The number of hydrogen-bond donors (Lipinski definition) is 0. The van der Waals surface area contributed by atoms with Crippen molar-refractivity contribution in [2.45, 2.75) is 63.6 Å². The van der Waals surface area contributed by atoms with Gasteiger partial charge in [0.25, 0.3) is 5.56 Å². The molecule has 1 aliphatic carbocycles. The lowest BCUT2D eigenvalue weighted by atomic mass is 9.85. The van der Waals surface area contributed by atoms with Crippen LogP contribution in [0.4, 0.5) is 27.8 Å². The van der Waals surface area contributed by atoms with Gasteiger partial charge in [-0.15, -0.1) is 0 Å². The van der Waals surface area contributed by atoms with E-state index >= 15 is 0 Å². The third-order valence-electron chi connectivity index (χ3n) is 5.58. The zero-order valence-corrected chi connectivity index (χ0v) is 17.4. The molecule has 0 saturated heterocycles. The second-order valence-electron chi connectivity index (χ2n) is 7.80. The van der Waals surface area contributed by atoms with Gasteiger partial charge in [0, 0.05) is 18.8 Å². The fraction of sp³-hybridized carbons (Fsp3) is 0.524. The van der Waals surface area contributed by atoms with Crippen LogP contribution in [-0.4, -0.2) is 34.1 Å². The van der Waals surface area contributed by atoms with Crippen LogP contribution in [0.25, 0.3) is 0 Å². The summed E-state index contributed by atoms with van der Waals surface area (Å²) in [6, 6.07) is 3.39. The molecule has 0 bridgehead atoms. The molecule has 2 aromatic rings. The third kappa shape index (κ3) is 5.49. The Balaban J connectivity index is 2.07. The largest absolute Gasteiger partial charge is 0.418 e. The van der Waals surface area contributed by atoms with E-state index in [1.165, 1.54) is 19.3 Å². The van der Waals surface area contributed by atoms with Gasteiger partial charge in [-0.3, -0.25) is 19.5 Å². The predicted octanol–water partition coefficient (Wildman–Crippen LogP) is 4.37. The van der Waals surface area contributed by atoms with Crippen molar-refractivity contribution in [2.75, 3.05) is 11.9 Å². The van der Waals surface area contributed by atoms with Gasteiger partial charge in [0.15, 0.2) is 5.82 Å². The molecule has 2 aromatic heterocycles. The van der Waals surface area contributed by atoms with Crippen LogP contribution >= 0.6 is 0 Å². The highest BCUT2D eigenvalue weighted by atomic mass is 19.4. The second kappa shape index (κ2) is 9.74. The van der Waals surface area contributed by atoms with Crippen molar-refractivity contribution in [3.05, 3.63) is 51.6 Å². The molecule has 0 radical (unpaired) electrons. The summed E-state index contributed by atoms with van der Waals surface area (Å²) >= 11 is 0. The van der Waals surface area contributed by atoms with Gasteiger partial charge in [-0.2, -0.15) is 18.3 Å². The number of aromatic nitrogens is 3. The molecule has 3 rings (SSSR count). The van der Waals surface area contributed by atoms with Crippen molar-refractivity contribution in [2.24, 2.45) is 0 Å². The van der Waals surface area contributed by atoms with Gasteiger partial charge in [0.2, 0.25) is 12.3 Å². The Bertz CT molecular complexity index is 1020. The van der Waals surface area contributed by atoms with E-state index < -0.39 is 48.3 Å². The summed E-state index contributed by atoms with van der Waals surface area (Å²) in [6.45, 7) is -0.570. The van der Waals surface area contributed by atoms with Gasteiger partial charge in [0.1, 0.15) is 0 Å². The lowest BCUT2D eigenvalue weighted by molar-refractivity contribution is -0.138. The Kier molecular flexibility index (Phi) is 7.25. The highest BCUT2D eigenvalue weighted by molar-refractivity contribution is 5.92. The Hall–Kier alpha value is -2.85. The molecule has 1 aliphatic rings. The molecule has 0 unspecified atom stereocenters. The summed E-state index contributed by atoms with van der Waals surface area (Å²) in [5.74, 6) is -1.13. The first-order valence-electron chi connectivity index (χ1n) is 10.3. The summed E-state index contributed by atoms with van der Waals surface area (Å²) < 4.78 is 66.4. The van der Waals surface area contributed by atoms with E-state index in [9.17, 15) is 31.5 Å². The topological polar surface area (TPSA) is 68.1 Å². The Morgan fingerprint density at radius 2 is 1.94 bits per heavy atom. The maximum absolute atomic E-state index is 13.4. The number of rotatable bonds is 6. The predicted molar refractivity (Wildman–Crippen MR) is 107 cm³/mol. The molecule has 1 amide bonds. The van der Waals surface area contributed by atoms with Crippen LogP contribution in [0.1, 0.15) is 61.3 Å². The van der Waals surface area contributed by atoms with Gasteiger partial charge in [-0.25, -0.2) is 13.5 Å². The lowest BCUT2D eigenvalue weighted by Gasteiger charge is -2.24. The number of carbonyl (C=O) groups is 1. The number of alkyl halides is 5. The van der Waals surface area contributed by atoms with Gasteiger partial charge < -0.3 is 0 Å². The van der Waals surface area contributed by atoms with Crippen LogP contribution in [0.3, 0.4) is 0 Å². The molecule has 11 heteroatoms. The van der Waals surface area contributed by atoms with Gasteiger partial charge in [-0.05, 0) is 37.0 Å². The molecule has 0 aromatic carbocycles. The fourth-order valence-electron chi connectivity index (χ4n) is 3.89. The van der Waals surface area contributed by atoms with Crippen molar-refractivity contribution in [3.63, 3.8) is 0 Å². The first-order chi connectivity index (χ1) is 15.1. The van der Waals surface area contributed by atoms with Crippen LogP contribution in [0.5, 0.6) is 0 Å². The lowest BCUT2D eigenvalue weighted by Crippen LogP contribution is -2.35. The number of halogens is 5. The molecule has 0 N–H and O–H groups in total. The van der Waals surface area contributed by atoms with E-state index in [1.807, 2.05) is 0 Å². The number of anilines is 1. The summed E-state index contributed by atoms with van der Waals surface area (Å²) in [6.07, 6.45) is -3.18. The molecule has 1 fully saturated rings. The number of nitrogens with zero attached hydrogens (tertiary/aromatic N) is 4. The molecule has 1 saturated carbocycles. The van der Waals surface area contributed by atoms with E-state index in [0.717, 1.165) is 41.0 Å². The van der Waals surface area contributed by atoms with E-state index in [4.69, 9.17) is 0 Å². The molecule has 0 aliphatic heterocycles. The molecule has 32 heavy (non-hydrogen) atoms. The van der Waals surface area contributed by atoms with E-state index in [1.54, 1.807) is 0 Å². The first kappa shape index (κ1) is 23.8. The summed E-state index contributed by atoms with van der Waals surface area (Å²) in [4.78, 5) is 29.9. The Morgan fingerprint density at radius 3 is 2.56 bits per heavy atom. The normalized spacial score (nSPS) is 15.2. The van der Waals surface area contributed by atoms with Gasteiger partial charge in [-0.1, -0.05) is 19.3 Å². The Morgan fingerprint density at radius 1 is 1.25 bits per heavy atom. The smallest absolute Gasteiger partial charge is 0.298 e. The van der Waals surface area contributed by atoms with Crippen LogP contribution in [-0.2, 0) is 17.5 Å². The average Bonchev–Trinajstić information content (AvgIpc) is 2.74. The van der Waals surface area contributed by atoms with Crippen LogP contribution in [0.15, 0.2) is 29.2 Å². The number of amides is 1. The van der Waals surface area contributed by atoms with Gasteiger partial charge in [0.05, 0.1) is 24.2 Å². The number of hydrogen-bond acceptors (Lipinski definition) is 4. The highest BCUT2D eigenvalue weighted by Gasteiger charge is 2.34. The molecular formula is C21H23F5N4O2. The minimum atomic E-state index is -4.68. The van der Waals surface area contributed by atoms with Crippen molar-refractivity contribution < 1.29 is 26.7 Å². The zero-order chi connectivity index (χ0) is 23.5. The van der Waals surface area contributed by atoms with E-state index in [-0.39, 0.29) is 11.7 Å². The van der Waals surface area contributed by atoms with Crippen LogP contribution < -0.4 is 10.5 Å². The van der Waals surface area contributed by atoms with Crippen molar-refractivity contribution in [3.8, 4) is 0 Å². The van der Waals surface area contributed by atoms with E-state index in [0.29, 0.717) is 18.4 Å². The second-order valence-corrected chi connectivity index (χ2v) is 7.80. The summed E-state index contributed by atoms with van der Waals surface area (Å²) in [5, 5.41) is 4.03. The van der Waals surface area contributed by atoms with Crippen molar-refractivity contribution in [1.29, 1.82) is 0 Å². The molecular weight excluding hydrogens is 435 g/mol. The van der Waals surface area contributed by atoms with Crippen LogP contribution in [0, 0.1) is 0 Å². The quantitative estimate of drug-likeness (QED) is 0.603. The molecule has 174 valence electrons. The minimum absolute atomic E-state index is 0.0692. The fourth-order valence-corrected chi connectivity index (χ4v) is 3.89. The molecule has 0 spiro atoms. The van der Waals surface area contributed by atoms with Crippen LogP contribution in [0.2, 0.25) is 0 Å². The highest BCUT2D eigenvalue weighted by Crippen LogP contribution is 2.33. The minimum Gasteiger partial charge on any atom is -0.298 e. The molecule has 2 heterocycles. The maximum atomic E-state index is 13.4. The van der Waals surface area contributed by atoms with Gasteiger partial charge >= 0.3 is 6.18 Å². The third-order valence-corrected chi connectivity index (χ3v) is 5.58. The number of pyridine rings is 1. The number of carbonyl (C=O) groups excluding carboxylic acids is 1. The SMILES string of the molecule is CN(C(=O)CC(F)F)c1cc(C2CCCCC2)c(=O)n(Cc2ncccc2C(F)(F)F)n1. The summed E-state index contributed by atoms with van der Waals surface area (Å²) in [7, 11) is 1.24. The first-order valence-corrected chi connectivity index (χ1v) is 10.3. The maximum Gasteiger partial charge on any atom is 0.418 e. The summed E-state index contributed by atoms with van der Waals surface area (Å²) in [5.41, 5.74) is -1.66. The van der Waals surface area contributed by atoms with Crippen molar-refractivity contribution >= 4 is 11.7 Å². The molecule has 6 nitrogen and oxygen atoms in total.